The van der Waals surface area contributed by atoms with E-state index in [0.717, 1.165) is 10.4 Å². The van der Waals surface area contributed by atoms with E-state index in [1.165, 1.54) is 10.8 Å². The van der Waals surface area contributed by atoms with Gasteiger partial charge in [-0.25, -0.2) is 4.79 Å². The van der Waals surface area contributed by atoms with Gasteiger partial charge in [-0.3, -0.25) is 14.3 Å². The topological polar surface area (TPSA) is 91.8 Å². The van der Waals surface area contributed by atoms with E-state index in [2.05, 4.69) is 50.0 Å². The Bertz CT molecular complexity index is 1610. The quantitative estimate of drug-likeness (QED) is 0.231. The molecule has 1 N–H and O–H groups in total. The summed E-state index contributed by atoms with van der Waals surface area (Å²) in [6, 6.07) is 29.8. The van der Waals surface area contributed by atoms with E-state index in [1.54, 1.807) is 19.1 Å². The average Bonchev–Trinajstić information content (AvgIpc) is 3.38. The maximum Gasteiger partial charge on any atom is 0.358 e. The molecule has 10 heteroatoms. The van der Waals surface area contributed by atoms with Crippen molar-refractivity contribution >= 4 is 36.1 Å². The second-order valence-electron chi connectivity index (χ2n) is 11.6. The number of thiocarbonyl (C=S) groups is 1. The fourth-order valence-corrected chi connectivity index (χ4v) is 10.4. The van der Waals surface area contributed by atoms with Crippen LogP contribution in [0.2, 0.25) is 5.04 Å². The average molecular weight is 617 g/mol. The van der Waals surface area contributed by atoms with Crippen molar-refractivity contribution in [2.24, 2.45) is 0 Å². The lowest BCUT2D eigenvalue weighted by molar-refractivity contribution is -0.0423. The Hall–Kier alpha value is -3.83. The smallest absolute Gasteiger partial charge is 0.358 e. The summed E-state index contributed by atoms with van der Waals surface area (Å²) in [5, 5.41) is 1.97. The van der Waals surface area contributed by atoms with Crippen LogP contribution in [0, 0.1) is 6.92 Å². The number of rotatable bonds is 8. The van der Waals surface area contributed by atoms with Gasteiger partial charge in [-0.05, 0) is 34.5 Å². The highest BCUT2D eigenvalue weighted by molar-refractivity contribution is 7.79. The number of benzene rings is 3. The summed E-state index contributed by atoms with van der Waals surface area (Å²) in [6.45, 7) is 8.44. The second kappa shape index (κ2) is 12.8. The molecule has 224 valence electrons. The minimum atomic E-state index is -2.89. The van der Waals surface area contributed by atoms with Crippen LogP contribution in [0.15, 0.2) is 107 Å². The number of nitrogens with one attached hydrogen (secondary N) is 1. The van der Waals surface area contributed by atoms with Crippen LogP contribution in [0.4, 0.5) is 0 Å². The fraction of sp³-hybridized carbons (Fsp3) is 0.303. The summed E-state index contributed by atoms with van der Waals surface area (Å²) in [5.74, 6) is 0.551. The third kappa shape index (κ3) is 6.57. The van der Waals surface area contributed by atoms with Gasteiger partial charge in [-0.1, -0.05) is 99.6 Å². The number of hydrogen-bond donors (Lipinski definition) is 1. The minimum Gasteiger partial charge on any atom is -0.450 e. The van der Waals surface area contributed by atoms with Crippen LogP contribution in [0.1, 0.15) is 39.0 Å². The number of nitrogens with zero attached hydrogens (tertiary/aromatic N) is 1. The molecule has 43 heavy (non-hydrogen) atoms. The summed E-state index contributed by atoms with van der Waals surface area (Å²) in [7, 11) is -2.89. The predicted octanol–water partition coefficient (Wildman–Crippen LogP) is 4.46. The van der Waals surface area contributed by atoms with E-state index in [-0.39, 0.29) is 16.9 Å². The number of H-pyrrole nitrogens is 1. The van der Waals surface area contributed by atoms with Crippen molar-refractivity contribution in [3.8, 4) is 5.75 Å². The number of aromatic amines is 1. The van der Waals surface area contributed by atoms with Gasteiger partial charge in [-0.2, -0.15) is 0 Å². The monoisotopic (exact) mass is 616 g/mol. The van der Waals surface area contributed by atoms with E-state index in [1.807, 2.05) is 54.6 Å². The number of para-hydroxylation sites is 1. The third-order valence-electron chi connectivity index (χ3n) is 7.71. The van der Waals surface area contributed by atoms with Gasteiger partial charge >= 0.3 is 10.9 Å². The Morgan fingerprint density at radius 3 is 2.07 bits per heavy atom. The van der Waals surface area contributed by atoms with Gasteiger partial charge < -0.3 is 18.6 Å². The molecule has 4 aromatic rings. The number of aryl methyl sites for hydroxylation is 1. The van der Waals surface area contributed by atoms with Crippen molar-refractivity contribution in [1.82, 2.24) is 9.55 Å². The first-order valence-electron chi connectivity index (χ1n) is 14.2. The zero-order chi connectivity index (χ0) is 30.6. The highest BCUT2D eigenvalue weighted by Crippen LogP contribution is 2.38. The number of aromatic nitrogens is 2. The molecule has 1 fully saturated rings. The van der Waals surface area contributed by atoms with Crippen LogP contribution in [0.3, 0.4) is 0 Å². The lowest BCUT2D eigenvalue weighted by atomic mass is 10.2. The Balaban J connectivity index is 1.48. The van der Waals surface area contributed by atoms with Gasteiger partial charge in [0.15, 0.2) is 0 Å². The molecule has 0 aliphatic carbocycles. The van der Waals surface area contributed by atoms with Crippen molar-refractivity contribution in [3.05, 3.63) is 124 Å². The Morgan fingerprint density at radius 2 is 1.51 bits per heavy atom. The van der Waals surface area contributed by atoms with Crippen LogP contribution in [0.25, 0.3) is 0 Å². The van der Waals surface area contributed by atoms with Gasteiger partial charge in [-0.15, -0.1) is 0 Å². The first-order valence-corrected chi connectivity index (χ1v) is 16.6. The summed E-state index contributed by atoms with van der Waals surface area (Å²) < 4.78 is 26.9. The van der Waals surface area contributed by atoms with Crippen molar-refractivity contribution in [1.29, 1.82) is 0 Å². The molecule has 1 aliphatic rings. The van der Waals surface area contributed by atoms with Crippen molar-refractivity contribution in [2.75, 3.05) is 6.61 Å². The molecule has 0 bridgehead atoms. The van der Waals surface area contributed by atoms with E-state index < -0.39 is 38.0 Å². The molecule has 1 saturated heterocycles. The summed E-state index contributed by atoms with van der Waals surface area (Å²) in [4.78, 5) is 27.2. The number of ether oxygens (including phenoxy) is 3. The van der Waals surface area contributed by atoms with E-state index >= 15 is 0 Å². The lowest BCUT2D eigenvalue weighted by Crippen LogP contribution is -2.67. The van der Waals surface area contributed by atoms with Crippen LogP contribution < -0.4 is 26.4 Å². The van der Waals surface area contributed by atoms with Crippen molar-refractivity contribution in [2.45, 2.75) is 57.6 Å². The van der Waals surface area contributed by atoms with Crippen LogP contribution in [-0.2, 0) is 13.9 Å². The Kier molecular flexibility index (Phi) is 9.12. The molecule has 1 unspecified atom stereocenters. The van der Waals surface area contributed by atoms with Crippen LogP contribution in [0.5, 0.6) is 5.75 Å². The molecule has 0 radical (unpaired) electrons. The predicted molar refractivity (Wildman–Crippen MR) is 173 cm³/mol. The molecule has 5 rings (SSSR count). The molecular formula is C33H36N2O6SSi. The van der Waals surface area contributed by atoms with Crippen molar-refractivity contribution < 1.29 is 18.6 Å². The molecule has 1 aliphatic heterocycles. The summed E-state index contributed by atoms with van der Waals surface area (Å²) in [6.07, 6.45) is -0.0899. The zero-order valence-corrected chi connectivity index (χ0v) is 26.5. The Morgan fingerprint density at radius 1 is 0.953 bits per heavy atom. The number of hydrogen-bond acceptors (Lipinski definition) is 7. The Labute approximate surface area is 257 Å². The molecule has 8 nitrogen and oxygen atoms in total. The normalized spacial score (nSPS) is 18.7. The van der Waals surface area contributed by atoms with E-state index in [9.17, 15) is 9.59 Å². The summed E-state index contributed by atoms with van der Waals surface area (Å²) in [5.41, 5.74) is -0.595. The minimum absolute atomic E-state index is 0.0547. The fourth-order valence-electron chi connectivity index (χ4n) is 5.65. The first-order chi connectivity index (χ1) is 20.6. The molecule has 3 atom stereocenters. The highest BCUT2D eigenvalue weighted by Gasteiger charge is 2.51. The van der Waals surface area contributed by atoms with E-state index in [4.69, 9.17) is 30.9 Å². The lowest BCUT2D eigenvalue weighted by Gasteiger charge is -2.43. The third-order valence-corrected chi connectivity index (χ3v) is 12.9. The molecular weight excluding hydrogens is 581 g/mol. The standard InChI is InChI=1S/C33H36N2O6SSi/c1-23-21-35(31(37)34-30(23)36)29-20-27(41-32(42)39-24-14-8-5-9-15-24)28(40-29)22-38-43(33(2,3)4,25-16-10-6-11-17-25)26-18-12-7-13-19-26/h5-19,21,27-29H,20,22H2,1-4H3,(H,34,36,37)/t27?,28-,29-/m1/s1. The molecule has 0 amide bonds. The molecule has 3 aromatic carbocycles. The molecule has 0 spiro atoms. The SMILES string of the molecule is Cc1cn([C@H]2CC(OC(=S)Oc3ccccc3)[C@@H](CO[Si](c3ccccc3)(c3ccccc3)C(C)(C)C)O2)c(=O)[nH]c1=O. The van der Waals surface area contributed by atoms with Gasteiger partial charge in [0.25, 0.3) is 13.9 Å². The maximum atomic E-state index is 12.8. The maximum absolute atomic E-state index is 12.8. The van der Waals surface area contributed by atoms with Gasteiger partial charge in [0.05, 0.1) is 6.61 Å². The van der Waals surface area contributed by atoms with Gasteiger partial charge in [0, 0.05) is 30.4 Å². The van der Waals surface area contributed by atoms with Crippen LogP contribution in [-0.4, -0.2) is 41.9 Å². The first kappa shape index (κ1) is 30.6. The zero-order valence-electron chi connectivity index (χ0n) is 24.7. The molecule has 1 aromatic heterocycles. The van der Waals surface area contributed by atoms with Crippen LogP contribution >= 0.6 is 12.2 Å². The van der Waals surface area contributed by atoms with Crippen molar-refractivity contribution in [3.63, 3.8) is 0 Å². The van der Waals surface area contributed by atoms with Gasteiger partial charge in [0.1, 0.15) is 24.2 Å². The summed E-state index contributed by atoms with van der Waals surface area (Å²) >= 11 is 5.47. The second-order valence-corrected chi connectivity index (χ2v) is 16.3. The largest absolute Gasteiger partial charge is 0.450 e. The molecule has 2 heterocycles. The molecule has 0 saturated carbocycles. The van der Waals surface area contributed by atoms with E-state index in [0.29, 0.717) is 17.7 Å². The van der Waals surface area contributed by atoms with Gasteiger partial charge in [0.2, 0.25) is 0 Å². The highest BCUT2D eigenvalue weighted by atomic mass is 32.1.